The molecule has 2 aromatic carbocycles. The summed E-state index contributed by atoms with van der Waals surface area (Å²) in [6.45, 7) is 2.89. The molecule has 0 aliphatic carbocycles. The molecule has 2 aromatic rings. The molecule has 27 heavy (non-hydrogen) atoms. The van der Waals surface area contributed by atoms with Crippen LogP contribution in [0.25, 0.3) is 0 Å². The number of nitrogens with zero attached hydrogens (tertiary/aromatic N) is 2. The van der Waals surface area contributed by atoms with Crippen LogP contribution in [0.5, 0.6) is 0 Å². The molecule has 0 radical (unpaired) electrons. The number of hydrogen-bond acceptors (Lipinski definition) is 3. The van der Waals surface area contributed by atoms with E-state index >= 15 is 0 Å². The van der Waals surface area contributed by atoms with E-state index in [9.17, 15) is 18.0 Å². The summed E-state index contributed by atoms with van der Waals surface area (Å²) in [6.07, 6.45) is -4.00. The van der Waals surface area contributed by atoms with Gasteiger partial charge in [-0.1, -0.05) is 30.3 Å². The molecule has 1 aliphatic rings. The number of nitrogen functional groups attached to an aromatic ring is 1. The average molecular weight is 377 g/mol. The Labute approximate surface area is 156 Å². The van der Waals surface area contributed by atoms with Crippen LogP contribution < -0.4 is 5.73 Å². The monoisotopic (exact) mass is 377 g/mol. The van der Waals surface area contributed by atoms with Gasteiger partial charge in [-0.05, 0) is 29.3 Å². The van der Waals surface area contributed by atoms with Crippen LogP contribution in [0.4, 0.5) is 18.9 Å². The standard InChI is InChI=1S/C20H22F3N3O/c21-20(22,23)17-3-1-2-16(12-17)14-25-8-10-26(11-9-25)19(27)13-15-4-6-18(24)7-5-15/h1-7,12H,8-11,13-14,24H2. The topological polar surface area (TPSA) is 49.6 Å². The average Bonchev–Trinajstić information content (AvgIpc) is 2.64. The maximum atomic E-state index is 12.8. The molecule has 1 fully saturated rings. The molecule has 144 valence electrons. The number of rotatable bonds is 4. The summed E-state index contributed by atoms with van der Waals surface area (Å²) in [4.78, 5) is 16.3. The van der Waals surface area contributed by atoms with Crippen LogP contribution >= 0.6 is 0 Å². The number of nitrogens with two attached hydrogens (primary N) is 1. The van der Waals surface area contributed by atoms with Crippen LogP contribution in [0.3, 0.4) is 0 Å². The van der Waals surface area contributed by atoms with Gasteiger partial charge in [0.05, 0.1) is 12.0 Å². The lowest BCUT2D eigenvalue weighted by molar-refractivity contribution is -0.137. The zero-order chi connectivity index (χ0) is 19.4. The Morgan fingerprint density at radius 3 is 2.26 bits per heavy atom. The summed E-state index contributed by atoms with van der Waals surface area (Å²) < 4.78 is 38.5. The Bertz CT molecular complexity index is 782. The minimum Gasteiger partial charge on any atom is -0.399 e. The van der Waals surface area contributed by atoms with E-state index in [0.717, 1.165) is 11.6 Å². The summed E-state index contributed by atoms with van der Waals surface area (Å²) in [5, 5.41) is 0. The fourth-order valence-corrected chi connectivity index (χ4v) is 3.18. The first-order valence-corrected chi connectivity index (χ1v) is 8.82. The lowest BCUT2D eigenvalue weighted by Crippen LogP contribution is -2.48. The first-order valence-electron chi connectivity index (χ1n) is 8.82. The maximum Gasteiger partial charge on any atom is 0.416 e. The van der Waals surface area contributed by atoms with E-state index < -0.39 is 11.7 Å². The highest BCUT2D eigenvalue weighted by atomic mass is 19.4. The first kappa shape index (κ1) is 19.2. The summed E-state index contributed by atoms with van der Waals surface area (Å²) in [6, 6.07) is 12.6. The molecule has 0 unspecified atom stereocenters. The molecule has 0 spiro atoms. The molecule has 0 atom stereocenters. The van der Waals surface area contributed by atoms with Crippen molar-refractivity contribution in [2.45, 2.75) is 19.1 Å². The van der Waals surface area contributed by atoms with E-state index in [4.69, 9.17) is 5.73 Å². The van der Waals surface area contributed by atoms with Crippen molar-refractivity contribution in [3.8, 4) is 0 Å². The number of hydrogen-bond donors (Lipinski definition) is 1. The van der Waals surface area contributed by atoms with Crippen LogP contribution in [-0.2, 0) is 23.9 Å². The zero-order valence-corrected chi connectivity index (χ0v) is 14.9. The van der Waals surface area contributed by atoms with Gasteiger partial charge in [-0.25, -0.2) is 0 Å². The molecule has 0 saturated carbocycles. The van der Waals surface area contributed by atoms with Gasteiger partial charge in [0.25, 0.3) is 0 Å². The summed E-state index contributed by atoms with van der Waals surface area (Å²) >= 11 is 0. The van der Waals surface area contributed by atoms with Gasteiger partial charge < -0.3 is 10.6 Å². The number of benzene rings is 2. The Morgan fingerprint density at radius 1 is 0.963 bits per heavy atom. The Morgan fingerprint density at radius 2 is 1.63 bits per heavy atom. The van der Waals surface area contributed by atoms with Gasteiger partial charge in [-0.2, -0.15) is 13.2 Å². The quantitative estimate of drug-likeness (QED) is 0.833. The van der Waals surface area contributed by atoms with E-state index in [0.29, 0.717) is 50.4 Å². The highest BCUT2D eigenvalue weighted by molar-refractivity contribution is 5.79. The van der Waals surface area contributed by atoms with Crippen molar-refractivity contribution < 1.29 is 18.0 Å². The number of carbonyl (C=O) groups excluding carboxylic acids is 1. The molecular formula is C20H22F3N3O. The third-order valence-electron chi connectivity index (χ3n) is 4.72. The first-order chi connectivity index (χ1) is 12.8. The normalized spacial score (nSPS) is 15.7. The minimum atomic E-state index is -4.33. The van der Waals surface area contributed by atoms with Crippen molar-refractivity contribution in [2.24, 2.45) is 0 Å². The van der Waals surface area contributed by atoms with Gasteiger partial charge in [0.15, 0.2) is 0 Å². The van der Waals surface area contributed by atoms with Gasteiger partial charge in [0, 0.05) is 38.4 Å². The third kappa shape index (κ3) is 5.23. The molecular weight excluding hydrogens is 355 g/mol. The highest BCUT2D eigenvalue weighted by Gasteiger charge is 2.30. The molecule has 1 amide bonds. The fourth-order valence-electron chi connectivity index (χ4n) is 3.18. The van der Waals surface area contributed by atoms with Gasteiger partial charge in [0.2, 0.25) is 5.91 Å². The number of piperazine rings is 1. The molecule has 3 rings (SSSR count). The van der Waals surface area contributed by atoms with Crippen LogP contribution in [-0.4, -0.2) is 41.9 Å². The Balaban J connectivity index is 1.51. The molecule has 4 nitrogen and oxygen atoms in total. The predicted octanol–water partition coefficient (Wildman–Crippen LogP) is 3.17. The van der Waals surface area contributed by atoms with E-state index in [1.165, 1.54) is 12.1 Å². The molecule has 2 N–H and O–H groups in total. The second-order valence-corrected chi connectivity index (χ2v) is 6.77. The fraction of sp³-hybridized carbons (Fsp3) is 0.350. The van der Waals surface area contributed by atoms with Crippen molar-refractivity contribution in [1.29, 1.82) is 0 Å². The SMILES string of the molecule is Nc1ccc(CC(=O)N2CCN(Cc3cccc(C(F)(F)F)c3)CC2)cc1. The van der Waals surface area contributed by atoms with Crippen LogP contribution in [0.2, 0.25) is 0 Å². The van der Waals surface area contributed by atoms with Gasteiger partial charge in [0.1, 0.15) is 0 Å². The van der Waals surface area contributed by atoms with Crippen molar-refractivity contribution in [1.82, 2.24) is 9.80 Å². The van der Waals surface area contributed by atoms with Crippen molar-refractivity contribution in [3.05, 3.63) is 65.2 Å². The Hall–Kier alpha value is -2.54. The van der Waals surface area contributed by atoms with Crippen LogP contribution in [0.15, 0.2) is 48.5 Å². The van der Waals surface area contributed by atoms with Crippen LogP contribution in [0.1, 0.15) is 16.7 Å². The smallest absolute Gasteiger partial charge is 0.399 e. The number of alkyl halides is 3. The molecule has 1 saturated heterocycles. The number of carbonyl (C=O) groups is 1. The van der Waals surface area contributed by atoms with E-state index in [2.05, 4.69) is 4.90 Å². The van der Waals surface area contributed by atoms with Crippen molar-refractivity contribution in [2.75, 3.05) is 31.9 Å². The van der Waals surface area contributed by atoms with Crippen molar-refractivity contribution in [3.63, 3.8) is 0 Å². The summed E-state index contributed by atoms with van der Waals surface area (Å²) in [5.74, 6) is 0.0542. The number of anilines is 1. The van der Waals surface area contributed by atoms with Gasteiger partial charge in [-0.15, -0.1) is 0 Å². The van der Waals surface area contributed by atoms with E-state index in [1.54, 1.807) is 23.1 Å². The van der Waals surface area contributed by atoms with E-state index in [1.807, 2.05) is 12.1 Å². The molecule has 1 aliphatic heterocycles. The van der Waals surface area contributed by atoms with E-state index in [-0.39, 0.29) is 5.91 Å². The van der Waals surface area contributed by atoms with Crippen LogP contribution in [0, 0.1) is 0 Å². The second-order valence-electron chi connectivity index (χ2n) is 6.77. The highest BCUT2D eigenvalue weighted by Crippen LogP contribution is 2.29. The molecule has 0 aromatic heterocycles. The van der Waals surface area contributed by atoms with Gasteiger partial charge >= 0.3 is 6.18 Å². The molecule has 7 heteroatoms. The second kappa shape index (κ2) is 8.00. The Kier molecular flexibility index (Phi) is 5.70. The molecule has 1 heterocycles. The lowest BCUT2D eigenvalue weighted by atomic mass is 10.1. The number of amides is 1. The van der Waals surface area contributed by atoms with Gasteiger partial charge in [-0.3, -0.25) is 9.69 Å². The number of halogens is 3. The minimum absolute atomic E-state index is 0.0542. The third-order valence-corrected chi connectivity index (χ3v) is 4.72. The summed E-state index contributed by atoms with van der Waals surface area (Å²) in [7, 11) is 0. The maximum absolute atomic E-state index is 12.8. The van der Waals surface area contributed by atoms with Crippen molar-refractivity contribution >= 4 is 11.6 Å². The summed E-state index contributed by atoms with van der Waals surface area (Å²) in [5.41, 5.74) is 7.23. The zero-order valence-electron chi connectivity index (χ0n) is 14.9. The molecule has 0 bridgehead atoms. The largest absolute Gasteiger partial charge is 0.416 e. The lowest BCUT2D eigenvalue weighted by Gasteiger charge is -2.35. The predicted molar refractivity (Wildman–Crippen MR) is 97.9 cm³/mol.